The van der Waals surface area contributed by atoms with E-state index in [1.54, 1.807) is 19.3 Å². The zero-order chi connectivity index (χ0) is 20.0. The second-order valence-electron chi connectivity index (χ2n) is 5.52. The summed E-state index contributed by atoms with van der Waals surface area (Å²) < 4.78 is 31.9. The molecule has 144 valence electrons. The number of rotatable bonds is 7. The van der Waals surface area contributed by atoms with Crippen molar-refractivity contribution in [3.63, 3.8) is 0 Å². The van der Waals surface area contributed by atoms with E-state index in [-0.39, 0.29) is 16.8 Å². The van der Waals surface area contributed by atoms with Crippen molar-refractivity contribution in [3.8, 4) is 5.75 Å². The number of aromatic amines is 1. The predicted molar refractivity (Wildman–Crippen MR) is 104 cm³/mol. The maximum absolute atomic E-state index is 12.2. The third kappa shape index (κ3) is 4.74. The highest BCUT2D eigenvalue weighted by atomic mass is 32.2. The fourth-order valence-electron chi connectivity index (χ4n) is 2.31. The van der Waals surface area contributed by atoms with Crippen LogP contribution < -0.4 is 14.8 Å². The molecule has 3 aromatic rings. The Bertz CT molecular complexity index is 1080. The largest absolute Gasteiger partial charge is 0.496 e. The van der Waals surface area contributed by atoms with Crippen LogP contribution in [0, 0.1) is 0 Å². The summed E-state index contributed by atoms with van der Waals surface area (Å²) >= 11 is 0. The number of para-hydroxylation sites is 1. The molecule has 1 heterocycles. The fraction of sp³-hybridized carbons (Fsp3) is 0.0556. The Morgan fingerprint density at radius 3 is 2.57 bits per heavy atom. The van der Waals surface area contributed by atoms with Crippen molar-refractivity contribution in [2.75, 3.05) is 17.1 Å². The SMILES string of the molecule is COc1ccccc1/C=C\C(=O)Nc1ccc(S(=O)(=O)Nc2nc[nH]n2)cc1. The van der Waals surface area contributed by atoms with Crippen molar-refractivity contribution < 1.29 is 17.9 Å². The minimum Gasteiger partial charge on any atom is -0.496 e. The van der Waals surface area contributed by atoms with Crippen LogP contribution in [-0.2, 0) is 14.8 Å². The van der Waals surface area contributed by atoms with Gasteiger partial charge in [-0.3, -0.25) is 9.89 Å². The Morgan fingerprint density at radius 2 is 1.89 bits per heavy atom. The molecular formula is C18H17N5O4S. The van der Waals surface area contributed by atoms with E-state index in [0.29, 0.717) is 11.4 Å². The molecule has 0 saturated heterocycles. The highest BCUT2D eigenvalue weighted by Gasteiger charge is 2.15. The number of nitrogens with zero attached hydrogens (tertiary/aromatic N) is 2. The third-order valence-electron chi connectivity index (χ3n) is 3.63. The van der Waals surface area contributed by atoms with Gasteiger partial charge in [-0.15, -0.1) is 5.10 Å². The molecule has 0 atom stereocenters. The van der Waals surface area contributed by atoms with Gasteiger partial charge in [-0.25, -0.2) is 13.1 Å². The Morgan fingerprint density at radius 1 is 1.14 bits per heavy atom. The number of carbonyl (C=O) groups excluding carboxylic acids is 1. The summed E-state index contributed by atoms with van der Waals surface area (Å²) in [6.45, 7) is 0. The topological polar surface area (TPSA) is 126 Å². The Balaban J connectivity index is 1.65. The van der Waals surface area contributed by atoms with Gasteiger partial charge in [-0.1, -0.05) is 18.2 Å². The normalized spacial score (nSPS) is 11.3. The van der Waals surface area contributed by atoms with Crippen LogP contribution in [0.4, 0.5) is 11.6 Å². The number of amides is 1. The molecule has 3 rings (SSSR count). The van der Waals surface area contributed by atoms with Gasteiger partial charge in [0.1, 0.15) is 12.1 Å². The van der Waals surface area contributed by atoms with Crippen LogP contribution in [0.1, 0.15) is 5.56 Å². The molecule has 3 N–H and O–H groups in total. The number of ether oxygens (including phenoxy) is 1. The molecule has 0 aliphatic carbocycles. The lowest BCUT2D eigenvalue weighted by Crippen LogP contribution is -2.14. The maximum Gasteiger partial charge on any atom is 0.264 e. The van der Waals surface area contributed by atoms with Crippen molar-refractivity contribution >= 4 is 33.6 Å². The van der Waals surface area contributed by atoms with Crippen LogP contribution >= 0.6 is 0 Å². The standard InChI is InChI=1S/C18H17N5O4S/c1-27-16-5-3-2-4-13(16)6-11-17(24)21-14-7-9-15(10-8-14)28(25,26)23-18-19-12-20-22-18/h2-12H,1H3,(H,21,24)(H2,19,20,22,23)/b11-6-. The molecule has 0 aliphatic heterocycles. The van der Waals surface area contributed by atoms with Gasteiger partial charge in [-0.2, -0.15) is 4.98 Å². The van der Waals surface area contributed by atoms with Gasteiger partial charge in [0.25, 0.3) is 16.0 Å². The average Bonchev–Trinajstić information content (AvgIpc) is 3.19. The van der Waals surface area contributed by atoms with E-state index in [2.05, 4.69) is 25.2 Å². The van der Waals surface area contributed by atoms with Crippen molar-refractivity contribution in [2.45, 2.75) is 4.90 Å². The summed E-state index contributed by atoms with van der Waals surface area (Å²) in [5, 5.41) is 8.72. The number of H-pyrrole nitrogens is 1. The number of anilines is 2. The summed E-state index contributed by atoms with van der Waals surface area (Å²) in [4.78, 5) is 15.8. The summed E-state index contributed by atoms with van der Waals surface area (Å²) in [7, 11) is -2.26. The monoisotopic (exact) mass is 399 g/mol. The van der Waals surface area contributed by atoms with E-state index in [4.69, 9.17) is 4.74 Å². The third-order valence-corrected chi connectivity index (χ3v) is 4.97. The van der Waals surface area contributed by atoms with Crippen LogP contribution in [0.5, 0.6) is 5.75 Å². The smallest absolute Gasteiger partial charge is 0.264 e. The first-order chi connectivity index (χ1) is 13.5. The molecular weight excluding hydrogens is 382 g/mol. The molecule has 9 nitrogen and oxygen atoms in total. The van der Waals surface area contributed by atoms with Gasteiger partial charge in [0.15, 0.2) is 0 Å². The summed E-state index contributed by atoms with van der Waals surface area (Å²) in [5.41, 5.74) is 1.21. The molecule has 10 heteroatoms. The first kappa shape index (κ1) is 19.1. The molecule has 0 saturated carbocycles. The molecule has 0 aliphatic rings. The number of nitrogens with one attached hydrogen (secondary N) is 3. The highest BCUT2D eigenvalue weighted by Crippen LogP contribution is 2.19. The first-order valence-corrected chi connectivity index (χ1v) is 9.57. The second kappa shape index (κ2) is 8.35. The zero-order valence-corrected chi connectivity index (χ0v) is 15.6. The molecule has 1 amide bonds. The van der Waals surface area contributed by atoms with Crippen LogP contribution in [0.25, 0.3) is 6.08 Å². The molecule has 2 aromatic carbocycles. The molecule has 1 aromatic heterocycles. The average molecular weight is 399 g/mol. The number of benzene rings is 2. The van der Waals surface area contributed by atoms with Crippen molar-refractivity contribution in [1.29, 1.82) is 0 Å². The van der Waals surface area contributed by atoms with E-state index < -0.39 is 10.0 Å². The lowest BCUT2D eigenvalue weighted by Gasteiger charge is -2.07. The van der Waals surface area contributed by atoms with E-state index in [1.807, 2.05) is 18.2 Å². The fourth-order valence-corrected chi connectivity index (χ4v) is 3.26. The van der Waals surface area contributed by atoms with Gasteiger partial charge in [0.05, 0.1) is 12.0 Å². The van der Waals surface area contributed by atoms with E-state index in [9.17, 15) is 13.2 Å². The van der Waals surface area contributed by atoms with Crippen molar-refractivity contribution in [3.05, 3.63) is 66.5 Å². The van der Waals surface area contributed by atoms with Gasteiger partial charge < -0.3 is 10.1 Å². The zero-order valence-electron chi connectivity index (χ0n) is 14.8. The lowest BCUT2D eigenvalue weighted by atomic mass is 10.2. The summed E-state index contributed by atoms with van der Waals surface area (Å²) in [6, 6.07) is 13.0. The number of hydrogen-bond donors (Lipinski definition) is 3. The van der Waals surface area contributed by atoms with Crippen molar-refractivity contribution in [2.24, 2.45) is 0 Å². The Labute approximate surface area is 161 Å². The van der Waals surface area contributed by atoms with Gasteiger partial charge >= 0.3 is 0 Å². The van der Waals surface area contributed by atoms with Gasteiger partial charge in [0.2, 0.25) is 5.91 Å². The van der Waals surface area contributed by atoms with Crippen molar-refractivity contribution in [1.82, 2.24) is 15.2 Å². The Hall–Kier alpha value is -3.66. The Kier molecular flexibility index (Phi) is 5.70. The van der Waals surface area contributed by atoms with E-state index in [1.165, 1.54) is 36.7 Å². The van der Waals surface area contributed by atoms with Gasteiger partial charge in [-0.05, 0) is 36.4 Å². The minimum absolute atomic E-state index is 0.0138. The number of sulfonamides is 1. The summed E-state index contributed by atoms with van der Waals surface area (Å²) in [5.74, 6) is 0.235. The molecule has 0 bridgehead atoms. The van der Waals surface area contributed by atoms with Crippen LogP contribution in [0.3, 0.4) is 0 Å². The quantitative estimate of drug-likeness (QED) is 0.523. The van der Waals surface area contributed by atoms with Crippen LogP contribution in [0.2, 0.25) is 0 Å². The van der Waals surface area contributed by atoms with E-state index >= 15 is 0 Å². The number of methoxy groups -OCH3 is 1. The number of hydrogen-bond acceptors (Lipinski definition) is 6. The summed E-state index contributed by atoms with van der Waals surface area (Å²) in [6.07, 6.45) is 4.26. The molecule has 28 heavy (non-hydrogen) atoms. The second-order valence-corrected chi connectivity index (χ2v) is 7.20. The maximum atomic E-state index is 12.2. The molecule has 0 spiro atoms. The minimum atomic E-state index is -3.82. The predicted octanol–water partition coefficient (Wildman–Crippen LogP) is 2.27. The van der Waals surface area contributed by atoms with Crippen LogP contribution in [0.15, 0.2) is 65.8 Å². The van der Waals surface area contributed by atoms with E-state index in [0.717, 1.165) is 5.56 Å². The van der Waals surface area contributed by atoms with Crippen LogP contribution in [-0.4, -0.2) is 36.6 Å². The molecule has 0 unspecified atom stereocenters. The molecule has 0 radical (unpaired) electrons. The number of aromatic nitrogens is 3. The lowest BCUT2D eigenvalue weighted by molar-refractivity contribution is -0.111. The van der Waals surface area contributed by atoms with Gasteiger partial charge in [0, 0.05) is 17.3 Å². The first-order valence-electron chi connectivity index (χ1n) is 8.09. The highest BCUT2D eigenvalue weighted by molar-refractivity contribution is 7.92. The molecule has 0 fully saturated rings. The number of carbonyl (C=O) groups is 1.